The molecule has 5 heteroatoms. The highest BCUT2D eigenvalue weighted by Gasteiger charge is 2.21. The van der Waals surface area contributed by atoms with Gasteiger partial charge in [0.15, 0.2) is 0 Å². The Balaban J connectivity index is 2.43. The van der Waals surface area contributed by atoms with Crippen molar-refractivity contribution in [2.45, 2.75) is 32.9 Å². The molecule has 0 aliphatic carbocycles. The Morgan fingerprint density at radius 3 is 2.84 bits per heavy atom. The van der Waals surface area contributed by atoms with Crippen LogP contribution < -0.4 is 4.74 Å². The Kier molecular flexibility index (Phi) is 4.16. The average Bonchev–Trinajstić information content (AvgIpc) is 2.89. The van der Waals surface area contributed by atoms with Crippen molar-refractivity contribution in [3.63, 3.8) is 0 Å². The molecule has 0 aliphatic rings. The predicted molar refractivity (Wildman–Crippen MR) is 72.1 cm³/mol. The molecule has 0 amide bonds. The van der Waals surface area contributed by atoms with Crippen LogP contribution in [0.2, 0.25) is 0 Å². The van der Waals surface area contributed by atoms with E-state index in [0.717, 1.165) is 17.8 Å². The third kappa shape index (κ3) is 2.61. The van der Waals surface area contributed by atoms with E-state index in [2.05, 4.69) is 10.1 Å². The van der Waals surface area contributed by atoms with Crippen molar-refractivity contribution in [3.05, 3.63) is 41.5 Å². The van der Waals surface area contributed by atoms with E-state index in [1.54, 1.807) is 30.1 Å². The van der Waals surface area contributed by atoms with Gasteiger partial charge in [-0.3, -0.25) is 9.67 Å². The first-order valence-electron chi connectivity index (χ1n) is 6.44. The standard InChI is InChI=1S/C14H19N3O2/c1-4-10-9-11(17(5-2)16-10)14(18)13-12(19-3)7-6-8-15-13/h6-9,14,18H,4-5H2,1-3H3. The molecule has 0 radical (unpaired) electrons. The first-order chi connectivity index (χ1) is 9.21. The molecule has 1 N–H and O–H groups in total. The second kappa shape index (κ2) is 5.84. The summed E-state index contributed by atoms with van der Waals surface area (Å²) in [6.45, 7) is 4.75. The van der Waals surface area contributed by atoms with Crippen LogP contribution in [0.3, 0.4) is 0 Å². The molecule has 2 heterocycles. The van der Waals surface area contributed by atoms with Gasteiger partial charge in [0, 0.05) is 12.7 Å². The van der Waals surface area contributed by atoms with Gasteiger partial charge in [-0.15, -0.1) is 0 Å². The minimum Gasteiger partial charge on any atom is -0.495 e. The zero-order valence-electron chi connectivity index (χ0n) is 11.5. The molecule has 0 fully saturated rings. The molecule has 0 aromatic carbocycles. The fourth-order valence-corrected chi connectivity index (χ4v) is 2.05. The van der Waals surface area contributed by atoms with Gasteiger partial charge >= 0.3 is 0 Å². The van der Waals surface area contributed by atoms with Crippen molar-refractivity contribution in [2.24, 2.45) is 0 Å². The van der Waals surface area contributed by atoms with Crippen LogP contribution in [0.5, 0.6) is 5.75 Å². The molecule has 0 spiro atoms. The maximum Gasteiger partial charge on any atom is 0.143 e. The van der Waals surface area contributed by atoms with Gasteiger partial charge in [0.05, 0.1) is 18.5 Å². The highest BCUT2D eigenvalue weighted by molar-refractivity contribution is 5.33. The van der Waals surface area contributed by atoms with Crippen molar-refractivity contribution in [2.75, 3.05) is 7.11 Å². The number of hydrogen-bond donors (Lipinski definition) is 1. The first kappa shape index (κ1) is 13.5. The molecule has 1 atom stereocenters. The summed E-state index contributed by atoms with van der Waals surface area (Å²) >= 11 is 0. The van der Waals surface area contributed by atoms with E-state index >= 15 is 0 Å². The molecule has 19 heavy (non-hydrogen) atoms. The molecule has 5 nitrogen and oxygen atoms in total. The second-order valence-electron chi connectivity index (χ2n) is 4.22. The Bertz CT molecular complexity index is 551. The fraction of sp³-hybridized carbons (Fsp3) is 0.429. The molecule has 0 saturated carbocycles. The lowest BCUT2D eigenvalue weighted by Gasteiger charge is -2.14. The molecule has 0 bridgehead atoms. The summed E-state index contributed by atoms with van der Waals surface area (Å²) in [4.78, 5) is 4.22. The van der Waals surface area contributed by atoms with Gasteiger partial charge in [0.1, 0.15) is 17.5 Å². The lowest BCUT2D eigenvalue weighted by molar-refractivity contribution is 0.197. The van der Waals surface area contributed by atoms with Crippen molar-refractivity contribution >= 4 is 0 Å². The lowest BCUT2D eigenvalue weighted by Crippen LogP contribution is -2.11. The molecule has 0 saturated heterocycles. The van der Waals surface area contributed by atoms with Gasteiger partial charge in [0.25, 0.3) is 0 Å². The first-order valence-corrected chi connectivity index (χ1v) is 6.44. The third-order valence-electron chi connectivity index (χ3n) is 3.08. The predicted octanol–water partition coefficient (Wildman–Crippen LogP) is 1.95. The van der Waals surface area contributed by atoms with Crippen LogP contribution in [0.4, 0.5) is 0 Å². The number of aliphatic hydroxyl groups is 1. The van der Waals surface area contributed by atoms with Gasteiger partial charge in [-0.05, 0) is 31.5 Å². The molecule has 2 rings (SSSR count). The summed E-state index contributed by atoms with van der Waals surface area (Å²) in [6.07, 6.45) is 1.66. The number of methoxy groups -OCH3 is 1. The topological polar surface area (TPSA) is 60.2 Å². The molecule has 2 aromatic heterocycles. The summed E-state index contributed by atoms with van der Waals surface area (Å²) in [5.74, 6) is 0.580. The van der Waals surface area contributed by atoms with Crippen LogP contribution >= 0.6 is 0 Å². The average molecular weight is 261 g/mol. The number of rotatable bonds is 5. The Hall–Kier alpha value is -1.88. The van der Waals surface area contributed by atoms with Crippen molar-refractivity contribution in [1.29, 1.82) is 0 Å². The zero-order valence-corrected chi connectivity index (χ0v) is 11.5. The Morgan fingerprint density at radius 1 is 1.42 bits per heavy atom. The van der Waals surface area contributed by atoms with Gasteiger partial charge in [-0.2, -0.15) is 5.10 Å². The van der Waals surface area contributed by atoms with Gasteiger partial charge in [-0.1, -0.05) is 6.92 Å². The number of aryl methyl sites for hydroxylation is 2. The quantitative estimate of drug-likeness (QED) is 0.893. The molecule has 1 unspecified atom stereocenters. The Labute approximate surface area is 112 Å². The summed E-state index contributed by atoms with van der Waals surface area (Å²) in [5, 5.41) is 15.0. The van der Waals surface area contributed by atoms with Crippen LogP contribution in [0, 0.1) is 0 Å². The highest BCUT2D eigenvalue weighted by atomic mass is 16.5. The second-order valence-corrected chi connectivity index (χ2v) is 4.22. The van der Waals surface area contributed by atoms with Crippen LogP contribution in [-0.4, -0.2) is 27.0 Å². The van der Waals surface area contributed by atoms with Crippen LogP contribution in [0.25, 0.3) is 0 Å². The van der Waals surface area contributed by atoms with Gasteiger partial charge in [-0.25, -0.2) is 0 Å². The lowest BCUT2D eigenvalue weighted by atomic mass is 10.1. The van der Waals surface area contributed by atoms with Crippen LogP contribution in [0.15, 0.2) is 24.4 Å². The van der Waals surface area contributed by atoms with Crippen molar-refractivity contribution in [1.82, 2.24) is 14.8 Å². The van der Waals surface area contributed by atoms with Crippen molar-refractivity contribution < 1.29 is 9.84 Å². The van der Waals surface area contributed by atoms with E-state index in [1.165, 1.54) is 0 Å². The highest BCUT2D eigenvalue weighted by Crippen LogP contribution is 2.28. The summed E-state index contributed by atoms with van der Waals surface area (Å²) in [6, 6.07) is 5.49. The largest absolute Gasteiger partial charge is 0.495 e. The van der Waals surface area contributed by atoms with Crippen LogP contribution in [0.1, 0.15) is 37.0 Å². The number of ether oxygens (including phenoxy) is 1. The maximum absolute atomic E-state index is 10.5. The normalized spacial score (nSPS) is 12.4. The zero-order chi connectivity index (χ0) is 13.8. The maximum atomic E-state index is 10.5. The van der Waals surface area contributed by atoms with E-state index in [0.29, 0.717) is 18.0 Å². The fourth-order valence-electron chi connectivity index (χ4n) is 2.05. The minimum atomic E-state index is -0.830. The number of aromatic nitrogens is 3. The van der Waals surface area contributed by atoms with Gasteiger partial charge in [0.2, 0.25) is 0 Å². The molecule has 0 aliphatic heterocycles. The number of aliphatic hydroxyl groups excluding tert-OH is 1. The number of pyridine rings is 1. The molecule has 2 aromatic rings. The van der Waals surface area contributed by atoms with E-state index in [9.17, 15) is 5.11 Å². The smallest absolute Gasteiger partial charge is 0.143 e. The molecule has 102 valence electrons. The van der Waals surface area contributed by atoms with E-state index in [4.69, 9.17) is 4.74 Å². The third-order valence-corrected chi connectivity index (χ3v) is 3.08. The summed E-state index contributed by atoms with van der Waals surface area (Å²) < 4.78 is 7.05. The summed E-state index contributed by atoms with van der Waals surface area (Å²) in [7, 11) is 1.57. The van der Waals surface area contributed by atoms with Crippen LogP contribution in [-0.2, 0) is 13.0 Å². The van der Waals surface area contributed by atoms with Gasteiger partial charge < -0.3 is 9.84 Å². The molecular weight excluding hydrogens is 242 g/mol. The van der Waals surface area contributed by atoms with E-state index < -0.39 is 6.10 Å². The van der Waals surface area contributed by atoms with Crippen molar-refractivity contribution in [3.8, 4) is 5.75 Å². The summed E-state index contributed by atoms with van der Waals surface area (Å²) in [5.41, 5.74) is 2.23. The van der Waals surface area contributed by atoms with E-state index in [1.807, 2.05) is 19.9 Å². The van der Waals surface area contributed by atoms with E-state index in [-0.39, 0.29) is 0 Å². The molecular formula is C14H19N3O2. The Morgan fingerprint density at radius 2 is 2.21 bits per heavy atom. The number of nitrogens with zero attached hydrogens (tertiary/aromatic N) is 3. The number of hydrogen-bond acceptors (Lipinski definition) is 4. The monoisotopic (exact) mass is 261 g/mol. The SMILES string of the molecule is CCc1cc(C(O)c2ncccc2OC)n(CC)n1. The minimum absolute atomic E-state index is 0.516.